The lowest BCUT2D eigenvalue weighted by molar-refractivity contribution is 0.935. The van der Waals surface area contributed by atoms with E-state index in [0.717, 1.165) is 32.1 Å². The molecule has 0 aliphatic carbocycles. The fourth-order valence-electron chi connectivity index (χ4n) is 2.58. The van der Waals surface area contributed by atoms with Gasteiger partial charge in [-0.05, 0) is 48.6 Å². The van der Waals surface area contributed by atoms with E-state index in [0.29, 0.717) is 0 Å². The molecule has 130 valence electrons. The number of aryl methyl sites for hydroxylation is 2. The first kappa shape index (κ1) is 17.4. The molecule has 4 aromatic rings. The second kappa shape index (κ2) is 7.70. The van der Waals surface area contributed by atoms with Gasteiger partial charge >= 0.3 is 0 Å². The number of hydrogen-bond donors (Lipinski definition) is 0. The topological polar surface area (TPSA) is 38.7 Å². The van der Waals surface area contributed by atoms with Crippen LogP contribution in [0, 0.1) is 13.8 Å². The molecule has 0 radical (unpaired) electrons. The zero-order valence-corrected chi connectivity index (χ0v) is 16.9. The average Bonchev–Trinajstić information content (AvgIpc) is 3.31. The second-order valence-corrected chi connectivity index (χ2v) is 8.83. The lowest BCUT2D eigenvalue weighted by Crippen LogP contribution is -1.91. The molecule has 0 saturated carbocycles. The standard InChI is InChI=1S/C20H17N3S3/c1-13-6-3-4-7-15(13)12-25-18-10-9-16(22-23-18)19-14(2)21-20(26-19)17-8-5-11-24-17/h3-11H,12H2,1-2H3. The minimum Gasteiger partial charge on any atom is -0.240 e. The summed E-state index contributed by atoms with van der Waals surface area (Å²) in [5.41, 5.74) is 4.55. The molecule has 4 rings (SSSR count). The highest BCUT2D eigenvalue weighted by Gasteiger charge is 2.13. The zero-order chi connectivity index (χ0) is 17.9. The number of thioether (sulfide) groups is 1. The van der Waals surface area contributed by atoms with Crippen molar-refractivity contribution in [3.05, 3.63) is 70.7 Å². The van der Waals surface area contributed by atoms with Crippen molar-refractivity contribution in [2.45, 2.75) is 24.6 Å². The van der Waals surface area contributed by atoms with Crippen LogP contribution in [0.1, 0.15) is 16.8 Å². The summed E-state index contributed by atoms with van der Waals surface area (Å²) in [5.74, 6) is 0.906. The molecule has 0 N–H and O–H groups in total. The van der Waals surface area contributed by atoms with Crippen LogP contribution in [0.2, 0.25) is 0 Å². The largest absolute Gasteiger partial charge is 0.240 e. The third-order valence-electron chi connectivity index (χ3n) is 4.04. The van der Waals surface area contributed by atoms with E-state index < -0.39 is 0 Å². The van der Waals surface area contributed by atoms with E-state index in [1.807, 2.05) is 13.0 Å². The highest BCUT2D eigenvalue weighted by atomic mass is 32.2. The van der Waals surface area contributed by atoms with Crippen LogP contribution in [-0.2, 0) is 5.75 Å². The Morgan fingerprint density at radius 2 is 1.85 bits per heavy atom. The van der Waals surface area contributed by atoms with Crippen molar-refractivity contribution < 1.29 is 0 Å². The molecule has 0 saturated heterocycles. The van der Waals surface area contributed by atoms with E-state index in [1.54, 1.807) is 34.4 Å². The smallest absolute Gasteiger partial charge is 0.134 e. The SMILES string of the molecule is Cc1ccccc1CSc1ccc(-c2sc(-c3cccs3)nc2C)nn1. The van der Waals surface area contributed by atoms with Crippen LogP contribution in [0.25, 0.3) is 20.5 Å². The first-order valence-corrected chi connectivity index (χ1v) is 10.9. The zero-order valence-electron chi connectivity index (χ0n) is 14.5. The van der Waals surface area contributed by atoms with Crippen LogP contribution in [0.15, 0.2) is 58.9 Å². The summed E-state index contributed by atoms with van der Waals surface area (Å²) in [4.78, 5) is 6.98. The van der Waals surface area contributed by atoms with Crippen molar-refractivity contribution in [2.24, 2.45) is 0 Å². The Hall–Kier alpha value is -2.02. The summed E-state index contributed by atoms with van der Waals surface area (Å²) in [5, 5.41) is 12.9. The molecule has 6 heteroatoms. The molecule has 26 heavy (non-hydrogen) atoms. The van der Waals surface area contributed by atoms with E-state index >= 15 is 0 Å². The van der Waals surface area contributed by atoms with Crippen LogP contribution < -0.4 is 0 Å². The molecule has 0 amide bonds. The summed E-state index contributed by atoms with van der Waals surface area (Å²) in [6, 6.07) is 16.7. The number of hydrogen-bond acceptors (Lipinski definition) is 6. The molecule has 0 spiro atoms. The number of nitrogens with zero attached hydrogens (tertiary/aromatic N) is 3. The monoisotopic (exact) mass is 395 g/mol. The van der Waals surface area contributed by atoms with Crippen molar-refractivity contribution in [1.29, 1.82) is 0 Å². The van der Waals surface area contributed by atoms with Gasteiger partial charge in [0.25, 0.3) is 0 Å². The second-order valence-electron chi connectivity index (χ2n) is 5.88. The fourth-order valence-corrected chi connectivity index (χ4v) is 5.30. The predicted molar refractivity (Wildman–Crippen MR) is 112 cm³/mol. The molecule has 0 atom stereocenters. The van der Waals surface area contributed by atoms with E-state index in [-0.39, 0.29) is 0 Å². The molecule has 1 aromatic carbocycles. The molecule has 0 aliphatic rings. The van der Waals surface area contributed by atoms with Gasteiger partial charge in [-0.1, -0.05) is 42.1 Å². The van der Waals surface area contributed by atoms with Gasteiger partial charge in [0.05, 0.1) is 15.4 Å². The van der Waals surface area contributed by atoms with Crippen molar-refractivity contribution >= 4 is 34.4 Å². The number of thiophene rings is 1. The molecule has 3 heterocycles. The van der Waals surface area contributed by atoms with E-state index in [1.165, 1.54) is 16.0 Å². The van der Waals surface area contributed by atoms with Crippen LogP contribution in [0.3, 0.4) is 0 Å². The summed E-state index contributed by atoms with van der Waals surface area (Å²) < 4.78 is 0. The maximum Gasteiger partial charge on any atom is 0.134 e. The third kappa shape index (κ3) is 3.72. The van der Waals surface area contributed by atoms with Gasteiger partial charge in [-0.15, -0.1) is 32.9 Å². The Labute approximate surface area is 165 Å². The van der Waals surface area contributed by atoms with E-state index in [4.69, 9.17) is 4.98 Å². The first-order valence-electron chi connectivity index (χ1n) is 8.23. The maximum atomic E-state index is 4.69. The molecular formula is C20H17N3S3. The molecule has 3 nitrogen and oxygen atoms in total. The Balaban J connectivity index is 1.50. The van der Waals surface area contributed by atoms with Crippen molar-refractivity contribution in [3.63, 3.8) is 0 Å². The lowest BCUT2D eigenvalue weighted by Gasteiger charge is -2.05. The quantitative estimate of drug-likeness (QED) is 0.375. The predicted octanol–water partition coefficient (Wildman–Crippen LogP) is 6.24. The summed E-state index contributed by atoms with van der Waals surface area (Å²) in [7, 11) is 0. The minimum absolute atomic E-state index is 0.892. The minimum atomic E-state index is 0.892. The molecule has 0 bridgehead atoms. The molecule has 0 unspecified atom stereocenters. The van der Waals surface area contributed by atoms with Crippen LogP contribution in [-0.4, -0.2) is 15.2 Å². The molecular weight excluding hydrogens is 378 g/mol. The van der Waals surface area contributed by atoms with Crippen LogP contribution >= 0.6 is 34.4 Å². The van der Waals surface area contributed by atoms with Crippen LogP contribution in [0.5, 0.6) is 0 Å². The number of thiazole rings is 1. The molecule has 0 fully saturated rings. The number of rotatable bonds is 5. The Morgan fingerprint density at radius 1 is 0.962 bits per heavy atom. The molecule has 0 aliphatic heterocycles. The number of aromatic nitrogens is 3. The van der Waals surface area contributed by atoms with Crippen molar-refractivity contribution in [2.75, 3.05) is 0 Å². The van der Waals surface area contributed by atoms with Gasteiger partial charge in [-0.25, -0.2) is 4.98 Å². The highest BCUT2D eigenvalue weighted by molar-refractivity contribution is 7.98. The van der Waals surface area contributed by atoms with Crippen molar-refractivity contribution in [1.82, 2.24) is 15.2 Å². The van der Waals surface area contributed by atoms with E-state index in [2.05, 4.69) is 65.0 Å². The van der Waals surface area contributed by atoms with Gasteiger partial charge in [0.1, 0.15) is 15.7 Å². The summed E-state index contributed by atoms with van der Waals surface area (Å²) in [6.45, 7) is 4.17. The van der Waals surface area contributed by atoms with Gasteiger partial charge in [-0.3, -0.25) is 0 Å². The Bertz CT molecular complexity index is 1010. The normalized spacial score (nSPS) is 11.0. The Morgan fingerprint density at radius 3 is 2.58 bits per heavy atom. The fraction of sp³-hybridized carbons (Fsp3) is 0.150. The third-order valence-corrected chi connectivity index (χ3v) is 7.23. The summed E-state index contributed by atoms with van der Waals surface area (Å²) >= 11 is 5.10. The molecule has 3 aromatic heterocycles. The van der Waals surface area contributed by atoms with Gasteiger partial charge in [0.15, 0.2) is 0 Å². The summed E-state index contributed by atoms with van der Waals surface area (Å²) in [6.07, 6.45) is 0. The Kier molecular flexibility index (Phi) is 5.15. The van der Waals surface area contributed by atoms with Crippen LogP contribution in [0.4, 0.5) is 0 Å². The number of benzene rings is 1. The highest BCUT2D eigenvalue weighted by Crippen LogP contribution is 2.36. The average molecular weight is 396 g/mol. The van der Waals surface area contributed by atoms with E-state index in [9.17, 15) is 0 Å². The van der Waals surface area contributed by atoms with Gasteiger partial charge in [-0.2, -0.15) is 0 Å². The van der Waals surface area contributed by atoms with Crippen molar-refractivity contribution in [3.8, 4) is 20.5 Å². The lowest BCUT2D eigenvalue weighted by atomic mass is 10.1. The maximum absolute atomic E-state index is 4.69. The van der Waals surface area contributed by atoms with Gasteiger partial charge < -0.3 is 0 Å². The van der Waals surface area contributed by atoms with Gasteiger partial charge in [0.2, 0.25) is 0 Å². The van der Waals surface area contributed by atoms with Gasteiger partial charge in [0, 0.05) is 5.75 Å². The first-order chi connectivity index (χ1) is 12.7.